The van der Waals surface area contributed by atoms with Crippen molar-refractivity contribution in [2.45, 2.75) is 32.3 Å². The van der Waals surface area contributed by atoms with Crippen molar-refractivity contribution in [2.75, 3.05) is 13.1 Å². The Morgan fingerprint density at radius 1 is 1.67 bits per heavy atom. The van der Waals surface area contributed by atoms with E-state index in [-0.39, 0.29) is 11.5 Å². The van der Waals surface area contributed by atoms with Gasteiger partial charge >= 0.3 is 0 Å². The number of aliphatic hydroxyl groups excluding tert-OH is 1. The van der Waals surface area contributed by atoms with Crippen molar-refractivity contribution in [2.24, 2.45) is 5.41 Å². The Morgan fingerprint density at radius 3 is 2.75 bits per heavy atom. The molecule has 12 heavy (non-hydrogen) atoms. The van der Waals surface area contributed by atoms with Crippen LogP contribution in [0, 0.1) is 16.7 Å². The van der Waals surface area contributed by atoms with Crippen LogP contribution < -0.4 is 5.32 Å². The highest BCUT2D eigenvalue weighted by Crippen LogP contribution is 2.47. The third-order valence-electron chi connectivity index (χ3n) is 2.35. The number of hydrogen-bond donors (Lipinski definition) is 2. The van der Waals surface area contributed by atoms with E-state index in [9.17, 15) is 0 Å². The van der Waals surface area contributed by atoms with E-state index in [0.717, 1.165) is 19.4 Å². The number of nitriles is 1. The molecule has 1 aliphatic carbocycles. The van der Waals surface area contributed by atoms with E-state index in [0.29, 0.717) is 13.0 Å². The van der Waals surface area contributed by atoms with Gasteiger partial charge in [0.05, 0.1) is 12.2 Å². The molecule has 0 aliphatic heterocycles. The first-order valence-corrected chi connectivity index (χ1v) is 4.44. The van der Waals surface area contributed by atoms with Gasteiger partial charge in [-0.25, -0.2) is 0 Å². The predicted molar refractivity (Wildman–Crippen MR) is 46.4 cm³/mol. The molecule has 1 saturated carbocycles. The van der Waals surface area contributed by atoms with Crippen LogP contribution in [-0.4, -0.2) is 24.3 Å². The predicted octanol–water partition coefficient (Wildman–Crippen LogP) is 0.651. The van der Waals surface area contributed by atoms with Crippen LogP contribution >= 0.6 is 0 Å². The molecule has 3 nitrogen and oxygen atoms in total. The zero-order valence-electron chi connectivity index (χ0n) is 7.51. The van der Waals surface area contributed by atoms with E-state index >= 15 is 0 Å². The summed E-state index contributed by atoms with van der Waals surface area (Å²) in [7, 11) is 0. The normalized spacial score (nSPS) is 21.4. The molecule has 0 spiro atoms. The fraction of sp³-hybridized carbons (Fsp3) is 0.889. The molecule has 0 amide bonds. The lowest BCUT2D eigenvalue weighted by atomic mass is 10.0. The fourth-order valence-corrected chi connectivity index (χ4v) is 1.31. The van der Waals surface area contributed by atoms with Gasteiger partial charge in [-0.1, -0.05) is 0 Å². The highest BCUT2D eigenvalue weighted by molar-refractivity contribution is 5.00. The Kier molecular flexibility index (Phi) is 3.07. The first-order chi connectivity index (χ1) is 5.68. The Hall–Kier alpha value is -0.590. The summed E-state index contributed by atoms with van der Waals surface area (Å²) in [4.78, 5) is 0. The van der Waals surface area contributed by atoms with Crippen molar-refractivity contribution < 1.29 is 5.11 Å². The van der Waals surface area contributed by atoms with Crippen molar-refractivity contribution in [3.8, 4) is 6.07 Å². The minimum absolute atomic E-state index is 0.254. The van der Waals surface area contributed by atoms with Gasteiger partial charge < -0.3 is 10.4 Å². The van der Waals surface area contributed by atoms with Gasteiger partial charge in [0.25, 0.3) is 0 Å². The number of hydrogen-bond acceptors (Lipinski definition) is 3. The molecule has 68 valence electrons. The van der Waals surface area contributed by atoms with E-state index < -0.39 is 0 Å². The van der Waals surface area contributed by atoms with Crippen molar-refractivity contribution >= 4 is 0 Å². The second-order valence-electron chi connectivity index (χ2n) is 3.81. The lowest BCUT2D eigenvalue weighted by Crippen LogP contribution is -2.30. The van der Waals surface area contributed by atoms with Gasteiger partial charge in [-0.05, 0) is 25.2 Å². The molecule has 0 aromatic carbocycles. The molecule has 0 aromatic rings. The van der Waals surface area contributed by atoms with Gasteiger partial charge in [0, 0.05) is 19.5 Å². The van der Waals surface area contributed by atoms with Gasteiger partial charge in [0.1, 0.15) is 0 Å². The zero-order valence-corrected chi connectivity index (χ0v) is 7.51. The van der Waals surface area contributed by atoms with Crippen LogP contribution in [0.25, 0.3) is 0 Å². The van der Waals surface area contributed by atoms with Crippen LogP contribution in [0.2, 0.25) is 0 Å². The summed E-state index contributed by atoms with van der Waals surface area (Å²) in [5.41, 5.74) is 0.254. The average Bonchev–Trinajstić information content (AvgIpc) is 2.69. The van der Waals surface area contributed by atoms with Crippen LogP contribution in [-0.2, 0) is 0 Å². The summed E-state index contributed by atoms with van der Waals surface area (Å²) < 4.78 is 0. The largest absolute Gasteiger partial charge is 0.392 e. The number of aliphatic hydroxyl groups is 1. The quantitative estimate of drug-likeness (QED) is 0.633. The lowest BCUT2D eigenvalue weighted by Gasteiger charge is -2.12. The molecule has 0 saturated heterocycles. The van der Waals surface area contributed by atoms with E-state index in [2.05, 4.69) is 11.4 Å². The van der Waals surface area contributed by atoms with Crippen LogP contribution in [0.5, 0.6) is 0 Å². The third kappa shape index (κ3) is 2.80. The zero-order chi connectivity index (χ0) is 9.03. The van der Waals surface area contributed by atoms with E-state index in [1.807, 2.05) is 0 Å². The second-order valence-corrected chi connectivity index (χ2v) is 3.81. The van der Waals surface area contributed by atoms with Crippen molar-refractivity contribution in [3.63, 3.8) is 0 Å². The molecule has 1 atom stereocenters. The van der Waals surface area contributed by atoms with E-state index in [1.54, 1.807) is 6.92 Å². The average molecular weight is 168 g/mol. The maximum Gasteiger partial charge on any atom is 0.0636 e. The van der Waals surface area contributed by atoms with Gasteiger partial charge in [-0.15, -0.1) is 0 Å². The minimum atomic E-state index is -0.289. The molecule has 1 rings (SSSR count). The fourth-order valence-electron chi connectivity index (χ4n) is 1.31. The highest BCUT2D eigenvalue weighted by atomic mass is 16.3. The molecule has 0 heterocycles. The topological polar surface area (TPSA) is 56.0 Å². The van der Waals surface area contributed by atoms with Crippen molar-refractivity contribution in [1.82, 2.24) is 5.32 Å². The summed E-state index contributed by atoms with van der Waals surface area (Å²) in [6, 6.07) is 2.21. The Balaban J connectivity index is 2.11. The van der Waals surface area contributed by atoms with Gasteiger partial charge in [-0.3, -0.25) is 0 Å². The number of rotatable bonds is 5. The highest BCUT2D eigenvalue weighted by Gasteiger charge is 2.41. The molecule has 1 aliphatic rings. The smallest absolute Gasteiger partial charge is 0.0636 e. The first-order valence-electron chi connectivity index (χ1n) is 4.44. The second kappa shape index (κ2) is 3.88. The third-order valence-corrected chi connectivity index (χ3v) is 2.35. The molecule has 2 N–H and O–H groups in total. The Labute approximate surface area is 73.4 Å². The summed E-state index contributed by atoms with van der Waals surface area (Å²) in [5.74, 6) is 0. The molecule has 1 unspecified atom stereocenters. The summed E-state index contributed by atoms with van der Waals surface area (Å²) >= 11 is 0. The SMILES string of the molecule is CC(O)CNCC1(CC#N)CC1. The summed E-state index contributed by atoms with van der Waals surface area (Å²) in [6.45, 7) is 3.27. The van der Waals surface area contributed by atoms with Crippen LogP contribution in [0.15, 0.2) is 0 Å². The molecular weight excluding hydrogens is 152 g/mol. The number of nitrogens with zero attached hydrogens (tertiary/aromatic N) is 1. The van der Waals surface area contributed by atoms with Crippen LogP contribution in [0.4, 0.5) is 0 Å². The maximum absolute atomic E-state index is 8.97. The van der Waals surface area contributed by atoms with E-state index in [1.165, 1.54) is 0 Å². The molecule has 3 heteroatoms. The minimum Gasteiger partial charge on any atom is -0.392 e. The van der Waals surface area contributed by atoms with Gasteiger partial charge in [0.2, 0.25) is 0 Å². The molecule has 0 bridgehead atoms. The first kappa shape index (κ1) is 9.50. The molecule has 0 aromatic heterocycles. The molecular formula is C9H16N2O. The standard InChI is InChI=1S/C9H16N2O/c1-8(12)6-11-7-9(2-3-9)4-5-10/h8,11-12H,2-4,6-7H2,1H3. The Morgan fingerprint density at radius 2 is 2.33 bits per heavy atom. The van der Waals surface area contributed by atoms with Crippen molar-refractivity contribution in [3.05, 3.63) is 0 Å². The summed E-state index contributed by atoms with van der Waals surface area (Å²) in [5, 5.41) is 20.7. The van der Waals surface area contributed by atoms with Crippen LogP contribution in [0.1, 0.15) is 26.2 Å². The van der Waals surface area contributed by atoms with E-state index in [4.69, 9.17) is 10.4 Å². The Bertz CT molecular complexity index is 179. The lowest BCUT2D eigenvalue weighted by molar-refractivity contribution is 0.188. The number of nitrogens with one attached hydrogen (secondary N) is 1. The maximum atomic E-state index is 8.97. The van der Waals surface area contributed by atoms with Gasteiger partial charge in [-0.2, -0.15) is 5.26 Å². The summed E-state index contributed by atoms with van der Waals surface area (Å²) in [6.07, 6.45) is 2.68. The monoisotopic (exact) mass is 168 g/mol. The van der Waals surface area contributed by atoms with Crippen LogP contribution in [0.3, 0.4) is 0 Å². The van der Waals surface area contributed by atoms with Gasteiger partial charge in [0.15, 0.2) is 0 Å². The molecule has 1 fully saturated rings. The molecule has 0 radical (unpaired) electrons. The van der Waals surface area contributed by atoms with Crippen molar-refractivity contribution in [1.29, 1.82) is 5.26 Å².